The van der Waals surface area contributed by atoms with Crippen LogP contribution >= 0.6 is 11.3 Å². The van der Waals surface area contributed by atoms with Crippen molar-refractivity contribution in [1.82, 2.24) is 9.97 Å². The van der Waals surface area contributed by atoms with Gasteiger partial charge in [0, 0.05) is 17.6 Å². The number of nitriles is 1. The first-order valence-electron chi connectivity index (χ1n) is 8.87. The summed E-state index contributed by atoms with van der Waals surface area (Å²) < 4.78 is 38.7. The van der Waals surface area contributed by atoms with E-state index in [0.29, 0.717) is 17.4 Å². The molecule has 0 aliphatic rings. The second-order valence-corrected chi connectivity index (χ2v) is 8.64. The molecular formula is C21H14N4O4S2. The van der Waals surface area contributed by atoms with Crippen LogP contribution < -0.4 is 14.2 Å². The number of hydrogen-bond donors (Lipinski definition) is 1. The Morgan fingerprint density at radius 1 is 0.968 bits per heavy atom. The smallest absolute Gasteiger partial charge is 0.263 e. The van der Waals surface area contributed by atoms with Crippen molar-refractivity contribution in [3.63, 3.8) is 0 Å². The summed E-state index contributed by atoms with van der Waals surface area (Å²) in [6, 6.07) is 18.5. The zero-order valence-corrected chi connectivity index (χ0v) is 17.4. The highest BCUT2D eigenvalue weighted by Crippen LogP contribution is 2.29. The topological polar surface area (TPSA) is 114 Å². The second kappa shape index (κ2) is 8.83. The van der Waals surface area contributed by atoms with E-state index in [9.17, 15) is 13.7 Å². The summed E-state index contributed by atoms with van der Waals surface area (Å²) in [5.74, 6) is 1.61. The molecule has 0 aliphatic carbocycles. The third kappa shape index (κ3) is 4.98. The minimum atomic E-state index is -3.88. The van der Waals surface area contributed by atoms with Gasteiger partial charge in [-0.25, -0.2) is 18.4 Å². The SMILES string of the molecule is N#Cc1cc(S(=O)(=O)Nc2nccs2)ccc1Oc1ccc(Oc2ccccc2)nc1. The van der Waals surface area contributed by atoms with Crippen LogP contribution in [-0.4, -0.2) is 18.4 Å². The van der Waals surface area contributed by atoms with E-state index in [4.69, 9.17) is 9.47 Å². The highest BCUT2D eigenvalue weighted by Gasteiger charge is 2.18. The highest BCUT2D eigenvalue weighted by atomic mass is 32.2. The molecule has 0 saturated heterocycles. The minimum absolute atomic E-state index is 0.0617. The lowest BCUT2D eigenvalue weighted by Crippen LogP contribution is -2.13. The lowest BCUT2D eigenvalue weighted by atomic mass is 10.2. The molecule has 0 amide bonds. The number of hydrogen-bond acceptors (Lipinski definition) is 8. The predicted molar refractivity (Wildman–Crippen MR) is 115 cm³/mol. The zero-order chi connectivity index (χ0) is 21.7. The molecule has 0 unspecified atom stereocenters. The van der Waals surface area contributed by atoms with Crippen molar-refractivity contribution in [1.29, 1.82) is 5.26 Å². The van der Waals surface area contributed by atoms with Crippen LogP contribution in [0.1, 0.15) is 5.56 Å². The van der Waals surface area contributed by atoms with Crippen molar-refractivity contribution >= 4 is 26.5 Å². The maximum Gasteiger partial charge on any atom is 0.263 e. The molecule has 154 valence electrons. The minimum Gasteiger partial charge on any atom is -0.454 e. The Morgan fingerprint density at radius 3 is 2.48 bits per heavy atom. The molecule has 1 N–H and O–H groups in total. The molecule has 0 spiro atoms. The van der Waals surface area contributed by atoms with Crippen LogP contribution in [0.5, 0.6) is 23.1 Å². The van der Waals surface area contributed by atoms with Gasteiger partial charge in [0.15, 0.2) is 5.13 Å². The lowest BCUT2D eigenvalue weighted by Gasteiger charge is -2.10. The van der Waals surface area contributed by atoms with E-state index in [1.54, 1.807) is 17.5 Å². The number of pyridine rings is 1. The third-order valence-electron chi connectivity index (χ3n) is 3.94. The quantitative estimate of drug-likeness (QED) is 0.430. The summed E-state index contributed by atoms with van der Waals surface area (Å²) in [7, 11) is -3.88. The molecule has 0 bridgehead atoms. The third-order valence-corrected chi connectivity index (χ3v) is 6.09. The summed E-state index contributed by atoms with van der Waals surface area (Å²) in [4.78, 5) is 8.01. The zero-order valence-electron chi connectivity index (χ0n) is 15.8. The number of aromatic nitrogens is 2. The van der Waals surface area contributed by atoms with Gasteiger partial charge in [-0.1, -0.05) is 18.2 Å². The van der Waals surface area contributed by atoms with Crippen molar-refractivity contribution in [2.45, 2.75) is 4.90 Å². The molecule has 2 heterocycles. The van der Waals surface area contributed by atoms with Gasteiger partial charge >= 0.3 is 0 Å². The number of ether oxygens (including phenoxy) is 2. The van der Waals surface area contributed by atoms with Crippen LogP contribution in [0.2, 0.25) is 0 Å². The molecular weight excluding hydrogens is 436 g/mol. The summed E-state index contributed by atoms with van der Waals surface area (Å²) in [6.07, 6.45) is 2.94. The molecule has 0 saturated carbocycles. The molecule has 10 heteroatoms. The number of para-hydroxylation sites is 1. The molecule has 4 rings (SSSR count). The Morgan fingerprint density at radius 2 is 1.81 bits per heavy atom. The second-order valence-electron chi connectivity index (χ2n) is 6.06. The average Bonchev–Trinajstić information content (AvgIpc) is 3.28. The first kappa shape index (κ1) is 20.3. The van der Waals surface area contributed by atoms with Crippen molar-refractivity contribution in [3.8, 4) is 29.2 Å². The fraction of sp³-hybridized carbons (Fsp3) is 0. The number of benzene rings is 2. The Balaban J connectivity index is 1.50. The van der Waals surface area contributed by atoms with Gasteiger partial charge in [0.25, 0.3) is 10.0 Å². The van der Waals surface area contributed by atoms with E-state index in [1.807, 2.05) is 36.4 Å². The van der Waals surface area contributed by atoms with Gasteiger partial charge < -0.3 is 9.47 Å². The van der Waals surface area contributed by atoms with Crippen LogP contribution in [-0.2, 0) is 10.0 Å². The van der Waals surface area contributed by atoms with Crippen molar-refractivity contribution < 1.29 is 17.9 Å². The fourth-order valence-electron chi connectivity index (χ4n) is 2.52. The Hall–Kier alpha value is -3.94. The first-order chi connectivity index (χ1) is 15.0. The van der Waals surface area contributed by atoms with Gasteiger partial charge in [0.1, 0.15) is 23.3 Å². The van der Waals surface area contributed by atoms with Gasteiger partial charge in [-0.2, -0.15) is 5.26 Å². The largest absolute Gasteiger partial charge is 0.454 e. The Kier molecular flexibility index (Phi) is 5.79. The molecule has 0 atom stereocenters. The lowest BCUT2D eigenvalue weighted by molar-refractivity contribution is 0.450. The van der Waals surface area contributed by atoms with Gasteiger partial charge in [0.05, 0.1) is 16.7 Å². The van der Waals surface area contributed by atoms with Crippen LogP contribution in [0.25, 0.3) is 0 Å². The van der Waals surface area contributed by atoms with Crippen molar-refractivity contribution in [2.24, 2.45) is 0 Å². The summed E-state index contributed by atoms with van der Waals surface area (Å²) in [6.45, 7) is 0. The van der Waals surface area contributed by atoms with E-state index >= 15 is 0 Å². The molecule has 0 aliphatic heterocycles. The van der Waals surface area contributed by atoms with E-state index < -0.39 is 10.0 Å². The summed E-state index contributed by atoms with van der Waals surface area (Å²) in [5, 5.41) is 11.4. The maximum atomic E-state index is 12.5. The van der Waals surface area contributed by atoms with Crippen LogP contribution in [0.3, 0.4) is 0 Å². The van der Waals surface area contributed by atoms with Crippen molar-refractivity contribution in [2.75, 3.05) is 4.72 Å². The highest BCUT2D eigenvalue weighted by molar-refractivity contribution is 7.93. The van der Waals surface area contributed by atoms with Crippen LogP contribution in [0.4, 0.5) is 5.13 Å². The first-order valence-corrected chi connectivity index (χ1v) is 11.2. The van der Waals surface area contributed by atoms with Gasteiger partial charge in [-0.3, -0.25) is 4.72 Å². The molecule has 31 heavy (non-hydrogen) atoms. The predicted octanol–water partition coefficient (Wildman–Crippen LogP) is 4.80. The van der Waals surface area contributed by atoms with E-state index in [-0.39, 0.29) is 21.3 Å². The molecule has 8 nitrogen and oxygen atoms in total. The molecule has 2 aromatic carbocycles. The normalized spacial score (nSPS) is 10.8. The van der Waals surface area contributed by atoms with Crippen LogP contribution in [0, 0.1) is 11.3 Å². The monoisotopic (exact) mass is 450 g/mol. The van der Waals surface area contributed by atoms with E-state index in [2.05, 4.69) is 14.7 Å². The van der Waals surface area contributed by atoms with Gasteiger partial charge in [-0.15, -0.1) is 11.3 Å². The Labute approximate surface area is 182 Å². The molecule has 2 aromatic heterocycles. The van der Waals surface area contributed by atoms with E-state index in [1.165, 1.54) is 30.6 Å². The fourth-order valence-corrected chi connectivity index (χ4v) is 4.34. The van der Waals surface area contributed by atoms with Gasteiger partial charge in [0.2, 0.25) is 5.88 Å². The van der Waals surface area contributed by atoms with Crippen molar-refractivity contribution in [3.05, 3.63) is 84.0 Å². The van der Waals surface area contributed by atoms with Gasteiger partial charge in [-0.05, 0) is 36.4 Å². The molecule has 0 radical (unpaired) electrons. The number of nitrogens with zero attached hydrogens (tertiary/aromatic N) is 3. The maximum absolute atomic E-state index is 12.5. The number of nitrogens with one attached hydrogen (secondary N) is 1. The number of sulfonamides is 1. The molecule has 0 fully saturated rings. The van der Waals surface area contributed by atoms with E-state index in [0.717, 1.165) is 11.3 Å². The standard InChI is InChI=1S/C21H14N4O4S2/c22-13-15-12-18(31(26,27)25-21-23-10-11-30-21)7-8-19(15)28-17-6-9-20(24-14-17)29-16-4-2-1-3-5-16/h1-12,14H,(H,23,25). The number of thiazole rings is 1. The number of rotatable bonds is 7. The average molecular weight is 451 g/mol. The van der Waals surface area contributed by atoms with Crippen LogP contribution in [0.15, 0.2) is 83.3 Å². The molecule has 4 aromatic rings. The Bertz CT molecular complexity index is 1320. The summed E-state index contributed by atoms with van der Waals surface area (Å²) in [5.41, 5.74) is 0.0617. The summed E-state index contributed by atoms with van der Waals surface area (Å²) >= 11 is 1.15. The number of anilines is 1.